The molecule has 198 valence electrons. The third-order valence-corrected chi connectivity index (χ3v) is 8.72. The Morgan fingerprint density at radius 1 is 1.13 bits per heavy atom. The van der Waals surface area contributed by atoms with Crippen molar-refractivity contribution >= 4 is 48.8 Å². The lowest BCUT2D eigenvalue weighted by molar-refractivity contribution is 0.122. The van der Waals surface area contributed by atoms with E-state index >= 15 is 0 Å². The molecule has 6 rings (SSSR count). The van der Waals surface area contributed by atoms with Gasteiger partial charge in [-0.25, -0.2) is 23.4 Å². The van der Waals surface area contributed by atoms with Gasteiger partial charge in [0.25, 0.3) is 0 Å². The molecule has 1 fully saturated rings. The molecular formula is C27H30N6O4S. The molecule has 1 aliphatic heterocycles. The lowest BCUT2D eigenvalue weighted by Gasteiger charge is -2.27. The maximum atomic E-state index is 11.9. The molecule has 1 saturated heterocycles. The standard InChI is InChI=1S/C27H30N6O4S/c1-3-38(34,35)14-11-32(2)17-18-15-21-23-24(37-27(21)29-16-18)26(33-9-12-36-13-10-33)31-25(30-23)20-5-4-6-22-19(20)7-8-28-22/h4-8,15-16,28H,3,9-14,17H2,1-2H3. The predicted octanol–water partition coefficient (Wildman–Crippen LogP) is 3.62. The predicted molar refractivity (Wildman–Crippen MR) is 148 cm³/mol. The van der Waals surface area contributed by atoms with Crippen molar-refractivity contribution in [3.63, 3.8) is 0 Å². The molecule has 0 radical (unpaired) electrons. The number of benzene rings is 1. The van der Waals surface area contributed by atoms with Crippen LogP contribution >= 0.6 is 0 Å². The van der Waals surface area contributed by atoms with Gasteiger partial charge in [0.2, 0.25) is 5.71 Å². The Morgan fingerprint density at radius 2 is 1.97 bits per heavy atom. The monoisotopic (exact) mass is 534 g/mol. The molecule has 1 aromatic carbocycles. The van der Waals surface area contributed by atoms with Crippen LogP contribution < -0.4 is 4.90 Å². The van der Waals surface area contributed by atoms with E-state index in [1.165, 1.54) is 0 Å². The number of aromatic amines is 1. The lowest BCUT2D eigenvalue weighted by atomic mass is 10.1. The molecule has 11 heteroatoms. The molecular weight excluding hydrogens is 504 g/mol. The second-order valence-electron chi connectivity index (χ2n) is 9.66. The fourth-order valence-electron chi connectivity index (χ4n) is 4.87. The number of aromatic nitrogens is 4. The summed E-state index contributed by atoms with van der Waals surface area (Å²) in [6.07, 6.45) is 3.69. The highest BCUT2D eigenvalue weighted by Gasteiger charge is 2.24. The van der Waals surface area contributed by atoms with Gasteiger partial charge in [-0.05, 0) is 30.8 Å². The minimum atomic E-state index is -3.02. The quantitative estimate of drug-likeness (QED) is 0.318. The molecule has 10 nitrogen and oxygen atoms in total. The highest BCUT2D eigenvalue weighted by molar-refractivity contribution is 7.91. The van der Waals surface area contributed by atoms with Gasteiger partial charge in [0.05, 0.1) is 24.4 Å². The number of pyridine rings is 1. The molecule has 4 aromatic heterocycles. The molecule has 0 bridgehead atoms. The van der Waals surface area contributed by atoms with Crippen molar-refractivity contribution in [1.82, 2.24) is 24.8 Å². The summed E-state index contributed by atoms with van der Waals surface area (Å²) in [5.74, 6) is 1.65. The van der Waals surface area contributed by atoms with Crippen molar-refractivity contribution < 1.29 is 17.6 Å². The molecule has 5 aromatic rings. The number of rotatable bonds is 8. The van der Waals surface area contributed by atoms with Gasteiger partial charge < -0.3 is 23.9 Å². The Labute approximate surface area is 220 Å². The molecule has 0 amide bonds. The summed E-state index contributed by atoms with van der Waals surface area (Å²) in [5.41, 5.74) is 4.74. The van der Waals surface area contributed by atoms with Crippen LogP contribution in [0.15, 0.2) is 47.1 Å². The number of ether oxygens (including phenoxy) is 1. The van der Waals surface area contributed by atoms with E-state index < -0.39 is 9.84 Å². The molecule has 0 saturated carbocycles. The first kappa shape index (κ1) is 24.8. The Hall–Kier alpha value is -3.54. The Bertz CT molecular complexity index is 1720. The average Bonchev–Trinajstić information content (AvgIpc) is 3.56. The summed E-state index contributed by atoms with van der Waals surface area (Å²) in [4.78, 5) is 22.0. The van der Waals surface area contributed by atoms with E-state index in [1.807, 2.05) is 48.5 Å². The maximum absolute atomic E-state index is 11.9. The van der Waals surface area contributed by atoms with Crippen LogP contribution in [0.4, 0.5) is 5.82 Å². The maximum Gasteiger partial charge on any atom is 0.229 e. The first-order valence-corrected chi connectivity index (χ1v) is 14.6. The summed E-state index contributed by atoms with van der Waals surface area (Å²) >= 11 is 0. The molecule has 1 aliphatic rings. The third-order valence-electron chi connectivity index (χ3n) is 7.03. The van der Waals surface area contributed by atoms with Crippen LogP contribution in [0.5, 0.6) is 0 Å². The normalized spacial score (nSPS) is 14.9. The number of sulfone groups is 1. The zero-order valence-electron chi connectivity index (χ0n) is 21.5. The van der Waals surface area contributed by atoms with E-state index in [9.17, 15) is 8.42 Å². The van der Waals surface area contributed by atoms with Gasteiger partial charge >= 0.3 is 0 Å². The van der Waals surface area contributed by atoms with Gasteiger partial charge in [-0.2, -0.15) is 0 Å². The van der Waals surface area contributed by atoms with Gasteiger partial charge in [0.15, 0.2) is 27.1 Å². The van der Waals surface area contributed by atoms with Crippen LogP contribution in [-0.4, -0.2) is 84.7 Å². The average molecular weight is 535 g/mol. The van der Waals surface area contributed by atoms with Crippen LogP contribution in [0.1, 0.15) is 12.5 Å². The Kier molecular flexibility index (Phi) is 6.50. The fourth-order valence-corrected chi connectivity index (χ4v) is 5.74. The highest BCUT2D eigenvalue weighted by atomic mass is 32.2. The largest absolute Gasteiger partial charge is 0.432 e. The summed E-state index contributed by atoms with van der Waals surface area (Å²) in [5, 5.41) is 1.86. The number of morpholine rings is 1. The van der Waals surface area contributed by atoms with Crippen LogP contribution in [-0.2, 0) is 21.1 Å². The molecule has 0 atom stereocenters. The number of H-pyrrole nitrogens is 1. The number of hydrogen-bond acceptors (Lipinski definition) is 9. The molecule has 0 unspecified atom stereocenters. The van der Waals surface area contributed by atoms with Gasteiger partial charge in [-0.15, -0.1) is 0 Å². The Balaban J connectivity index is 1.45. The van der Waals surface area contributed by atoms with Crippen molar-refractivity contribution in [3.8, 4) is 11.4 Å². The van der Waals surface area contributed by atoms with Crippen molar-refractivity contribution in [1.29, 1.82) is 0 Å². The Morgan fingerprint density at radius 3 is 2.79 bits per heavy atom. The van der Waals surface area contributed by atoms with E-state index in [4.69, 9.17) is 19.1 Å². The first-order chi connectivity index (χ1) is 18.4. The molecule has 5 heterocycles. The number of furan rings is 1. The second-order valence-corrected chi connectivity index (χ2v) is 12.1. The number of nitrogens with zero attached hydrogens (tertiary/aromatic N) is 5. The second kappa shape index (κ2) is 9.97. The molecule has 0 aliphatic carbocycles. The zero-order valence-corrected chi connectivity index (χ0v) is 22.3. The zero-order chi connectivity index (χ0) is 26.3. The summed E-state index contributed by atoms with van der Waals surface area (Å²) in [6.45, 7) is 5.35. The van der Waals surface area contributed by atoms with E-state index in [0.717, 1.165) is 33.2 Å². The van der Waals surface area contributed by atoms with Gasteiger partial charge in [-0.1, -0.05) is 19.1 Å². The van der Waals surface area contributed by atoms with Crippen LogP contribution in [0.3, 0.4) is 0 Å². The summed E-state index contributed by atoms with van der Waals surface area (Å²) < 4.78 is 35.7. The number of nitrogens with one attached hydrogen (secondary N) is 1. The van der Waals surface area contributed by atoms with Gasteiger partial charge in [0, 0.05) is 60.8 Å². The summed E-state index contributed by atoms with van der Waals surface area (Å²) in [7, 11) is -1.11. The van der Waals surface area contributed by atoms with E-state index in [0.29, 0.717) is 62.0 Å². The van der Waals surface area contributed by atoms with Crippen LogP contribution in [0.25, 0.3) is 44.5 Å². The SMILES string of the molecule is CCS(=O)(=O)CCN(C)Cc1cnc2oc3c(N4CCOCC4)nc(-c4cccc5[nH]ccc45)nc3c2c1. The van der Waals surface area contributed by atoms with Crippen molar-refractivity contribution in [2.75, 3.05) is 56.3 Å². The number of fused-ring (bicyclic) bond motifs is 4. The topological polar surface area (TPSA) is 117 Å². The minimum Gasteiger partial charge on any atom is -0.432 e. The van der Waals surface area contributed by atoms with Gasteiger partial charge in [-0.3, -0.25) is 0 Å². The minimum absolute atomic E-state index is 0.133. The fraction of sp³-hybridized carbons (Fsp3) is 0.370. The third kappa shape index (κ3) is 4.72. The first-order valence-electron chi connectivity index (χ1n) is 12.8. The van der Waals surface area contributed by atoms with Crippen molar-refractivity contribution in [2.45, 2.75) is 13.5 Å². The highest BCUT2D eigenvalue weighted by Crippen LogP contribution is 2.36. The van der Waals surface area contributed by atoms with Gasteiger partial charge in [0.1, 0.15) is 5.52 Å². The molecule has 1 N–H and O–H groups in total. The smallest absolute Gasteiger partial charge is 0.229 e. The van der Waals surface area contributed by atoms with E-state index in [2.05, 4.69) is 14.9 Å². The molecule has 38 heavy (non-hydrogen) atoms. The lowest BCUT2D eigenvalue weighted by Crippen LogP contribution is -2.37. The van der Waals surface area contributed by atoms with E-state index in [-0.39, 0.29) is 11.5 Å². The summed E-state index contributed by atoms with van der Waals surface area (Å²) in [6, 6.07) is 10.1. The van der Waals surface area contributed by atoms with Crippen LogP contribution in [0, 0.1) is 0 Å². The van der Waals surface area contributed by atoms with Crippen molar-refractivity contribution in [2.24, 2.45) is 0 Å². The van der Waals surface area contributed by atoms with Crippen LogP contribution in [0.2, 0.25) is 0 Å². The number of hydrogen-bond donors (Lipinski definition) is 1. The van der Waals surface area contributed by atoms with Crippen molar-refractivity contribution in [3.05, 3.63) is 48.3 Å². The van der Waals surface area contributed by atoms with E-state index in [1.54, 1.807) is 13.1 Å². The number of anilines is 1. The molecule has 0 spiro atoms.